The molecule has 4 nitrogen and oxygen atoms in total. The molecule has 0 amide bonds. The van der Waals surface area contributed by atoms with Gasteiger partial charge in [-0.1, -0.05) is 36.0 Å². The number of aromatic nitrogens is 3. The first-order chi connectivity index (χ1) is 11.3. The van der Waals surface area contributed by atoms with Gasteiger partial charge in [0.15, 0.2) is 0 Å². The maximum absolute atomic E-state index is 13.7. The third kappa shape index (κ3) is 2.97. The first-order valence-corrected chi connectivity index (χ1v) is 8.65. The number of rotatable bonds is 4. The summed E-state index contributed by atoms with van der Waals surface area (Å²) >= 11 is 3.04. The zero-order valence-electron chi connectivity index (χ0n) is 11.8. The maximum Gasteiger partial charge on any atom is 0.277 e. The molecule has 0 fully saturated rings. The Morgan fingerprint density at radius 2 is 1.87 bits per heavy atom. The Morgan fingerprint density at radius 3 is 2.74 bits per heavy atom. The predicted molar refractivity (Wildman–Crippen MR) is 88.9 cm³/mol. The predicted octanol–water partition coefficient (Wildman–Crippen LogP) is 4.78. The molecule has 114 valence electrons. The molecule has 0 aliphatic heterocycles. The number of benzene rings is 2. The highest BCUT2D eigenvalue weighted by Crippen LogP contribution is 2.29. The summed E-state index contributed by atoms with van der Waals surface area (Å²) in [5.74, 6) is 0.451. The monoisotopic (exact) mass is 343 g/mol. The molecular weight excluding hydrogens is 333 g/mol. The molecule has 0 spiro atoms. The number of hydrogen-bond acceptors (Lipinski definition) is 6. The van der Waals surface area contributed by atoms with Crippen molar-refractivity contribution in [2.24, 2.45) is 0 Å². The Labute approximate surface area is 139 Å². The number of thioether (sulfide) groups is 1. The molecule has 4 rings (SSSR count). The molecule has 4 aromatic rings. The molecule has 7 heteroatoms. The lowest BCUT2D eigenvalue weighted by Crippen LogP contribution is -1.82. The van der Waals surface area contributed by atoms with Crippen molar-refractivity contribution in [1.29, 1.82) is 0 Å². The van der Waals surface area contributed by atoms with Crippen molar-refractivity contribution in [2.75, 3.05) is 0 Å². The fraction of sp³-hybridized carbons (Fsp3) is 0.0625. The minimum absolute atomic E-state index is 0.190. The summed E-state index contributed by atoms with van der Waals surface area (Å²) in [6, 6.07) is 14.3. The fourth-order valence-electron chi connectivity index (χ4n) is 2.12. The van der Waals surface area contributed by atoms with Gasteiger partial charge in [0, 0.05) is 0 Å². The molecule has 0 N–H and O–H groups in total. The Balaban J connectivity index is 1.51. The Bertz CT molecular complexity index is 934. The zero-order valence-corrected chi connectivity index (χ0v) is 13.4. The van der Waals surface area contributed by atoms with Crippen molar-refractivity contribution < 1.29 is 8.81 Å². The van der Waals surface area contributed by atoms with Gasteiger partial charge in [-0.2, -0.15) is 0 Å². The van der Waals surface area contributed by atoms with Gasteiger partial charge in [0.1, 0.15) is 10.8 Å². The minimum Gasteiger partial charge on any atom is -0.411 e. The summed E-state index contributed by atoms with van der Waals surface area (Å²) in [6.45, 7) is 0. The first kappa shape index (κ1) is 14.3. The van der Waals surface area contributed by atoms with Crippen LogP contribution in [-0.2, 0) is 5.75 Å². The van der Waals surface area contributed by atoms with Gasteiger partial charge in [0.2, 0.25) is 0 Å². The van der Waals surface area contributed by atoms with E-state index in [0.29, 0.717) is 16.5 Å². The van der Waals surface area contributed by atoms with Gasteiger partial charge in [-0.15, -0.1) is 21.5 Å². The highest BCUT2D eigenvalue weighted by Gasteiger charge is 2.13. The lowest BCUT2D eigenvalue weighted by Gasteiger charge is -1.95. The number of para-hydroxylation sites is 1. The molecule has 23 heavy (non-hydrogen) atoms. The van der Waals surface area contributed by atoms with Crippen molar-refractivity contribution in [1.82, 2.24) is 15.2 Å². The van der Waals surface area contributed by atoms with E-state index in [-0.39, 0.29) is 11.7 Å². The van der Waals surface area contributed by atoms with Gasteiger partial charge in [-0.3, -0.25) is 0 Å². The van der Waals surface area contributed by atoms with Crippen LogP contribution < -0.4 is 0 Å². The van der Waals surface area contributed by atoms with Crippen molar-refractivity contribution >= 4 is 33.3 Å². The van der Waals surface area contributed by atoms with Gasteiger partial charge in [0.25, 0.3) is 11.1 Å². The fourth-order valence-corrected chi connectivity index (χ4v) is 3.84. The topological polar surface area (TPSA) is 51.8 Å². The van der Waals surface area contributed by atoms with Crippen LogP contribution in [0.5, 0.6) is 0 Å². The standard InChI is InChI=1S/C16H10FN3OS2/c17-11-6-2-1-5-10(11)15-19-20-16(21-15)22-9-14-18-12-7-3-4-8-13(12)23-14/h1-8H,9H2. The summed E-state index contributed by atoms with van der Waals surface area (Å²) < 4.78 is 20.4. The van der Waals surface area contributed by atoms with Crippen molar-refractivity contribution in [3.8, 4) is 11.5 Å². The molecule has 0 atom stereocenters. The third-order valence-corrected chi connectivity index (χ3v) is 5.22. The number of fused-ring (bicyclic) bond motifs is 1. The average Bonchev–Trinajstić information content (AvgIpc) is 3.19. The first-order valence-electron chi connectivity index (χ1n) is 6.85. The summed E-state index contributed by atoms with van der Waals surface area (Å²) in [4.78, 5) is 4.55. The van der Waals surface area contributed by atoms with Gasteiger partial charge < -0.3 is 4.42 Å². The van der Waals surface area contributed by atoms with Gasteiger partial charge in [0.05, 0.1) is 21.5 Å². The number of nitrogens with zero attached hydrogens (tertiary/aromatic N) is 3. The van der Waals surface area contributed by atoms with Crippen LogP contribution in [0.1, 0.15) is 5.01 Å². The summed E-state index contributed by atoms with van der Waals surface area (Å²) in [5.41, 5.74) is 1.30. The largest absolute Gasteiger partial charge is 0.411 e. The summed E-state index contributed by atoms with van der Waals surface area (Å²) in [7, 11) is 0. The van der Waals surface area contributed by atoms with Crippen LogP contribution in [-0.4, -0.2) is 15.2 Å². The molecule has 2 aromatic heterocycles. The van der Waals surface area contributed by atoms with E-state index in [9.17, 15) is 4.39 Å². The normalized spacial score (nSPS) is 11.2. The molecule has 0 unspecified atom stereocenters. The van der Waals surface area contributed by atoms with Crippen LogP contribution in [0.2, 0.25) is 0 Å². The summed E-state index contributed by atoms with van der Waals surface area (Å²) in [6.07, 6.45) is 0. The van der Waals surface area contributed by atoms with E-state index in [2.05, 4.69) is 15.2 Å². The van der Waals surface area contributed by atoms with Crippen molar-refractivity contribution in [3.05, 3.63) is 59.4 Å². The molecule has 0 saturated heterocycles. The molecule has 2 aromatic carbocycles. The summed E-state index contributed by atoms with van der Waals surface area (Å²) in [5, 5.41) is 9.26. The van der Waals surface area contributed by atoms with Crippen LogP contribution in [0.4, 0.5) is 4.39 Å². The SMILES string of the molecule is Fc1ccccc1-c1nnc(SCc2nc3ccccc3s2)o1. The van der Waals surface area contributed by atoms with Gasteiger partial charge >= 0.3 is 0 Å². The van der Waals surface area contributed by atoms with E-state index < -0.39 is 0 Å². The highest BCUT2D eigenvalue weighted by atomic mass is 32.2. The molecule has 0 aliphatic rings. The van der Waals surface area contributed by atoms with Gasteiger partial charge in [-0.25, -0.2) is 9.37 Å². The van der Waals surface area contributed by atoms with E-state index in [1.807, 2.05) is 24.3 Å². The van der Waals surface area contributed by atoms with Crippen LogP contribution in [0.25, 0.3) is 21.7 Å². The molecule has 2 heterocycles. The zero-order chi connectivity index (χ0) is 15.6. The van der Waals surface area contributed by atoms with Crippen molar-refractivity contribution in [2.45, 2.75) is 11.0 Å². The highest BCUT2D eigenvalue weighted by molar-refractivity contribution is 7.98. The maximum atomic E-state index is 13.7. The second-order valence-corrected chi connectivity index (χ2v) is 6.76. The second kappa shape index (κ2) is 6.10. The number of halogens is 1. The lowest BCUT2D eigenvalue weighted by molar-refractivity contribution is 0.463. The van der Waals surface area contributed by atoms with Crippen LogP contribution in [0, 0.1) is 5.82 Å². The Morgan fingerprint density at radius 1 is 1.04 bits per heavy atom. The van der Waals surface area contributed by atoms with E-state index in [0.717, 1.165) is 15.2 Å². The van der Waals surface area contributed by atoms with Crippen LogP contribution in [0.3, 0.4) is 0 Å². The van der Waals surface area contributed by atoms with E-state index in [1.165, 1.54) is 17.8 Å². The van der Waals surface area contributed by atoms with E-state index in [4.69, 9.17) is 4.42 Å². The van der Waals surface area contributed by atoms with Crippen LogP contribution in [0.15, 0.2) is 58.2 Å². The molecule has 0 radical (unpaired) electrons. The minimum atomic E-state index is -0.376. The van der Waals surface area contributed by atoms with Gasteiger partial charge in [-0.05, 0) is 24.3 Å². The second-order valence-electron chi connectivity index (χ2n) is 4.72. The van der Waals surface area contributed by atoms with E-state index in [1.54, 1.807) is 29.5 Å². The molecular formula is C16H10FN3OS2. The van der Waals surface area contributed by atoms with Crippen molar-refractivity contribution in [3.63, 3.8) is 0 Å². The van der Waals surface area contributed by atoms with E-state index >= 15 is 0 Å². The number of thiazole rings is 1. The Hall–Kier alpha value is -2.25. The van der Waals surface area contributed by atoms with Crippen LogP contribution >= 0.6 is 23.1 Å². The molecule has 0 bridgehead atoms. The lowest BCUT2D eigenvalue weighted by atomic mass is 10.2. The number of hydrogen-bond donors (Lipinski definition) is 0. The quantitative estimate of drug-likeness (QED) is 0.499. The molecule has 0 aliphatic carbocycles. The molecule has 0 saturated carbocycles. The third-order valence-electron chi connectivity index (χ3n) is 3.17. The average molecular weight is 343 g/mol. The smallest absolute Gasteiger partial charge is 0.277 e. The Kier molecular flexibility index (Phi) is 3.80.